The van der Waals surface area contributed by atoms with E-state index in [4.69, 9.17) is 5.73 Å². The Morgan fingerprint density at radius 3 is 2.13 bits per heavy atom. The quantitative estimate of drug-likeness (QED) is 0.463. The third kappa shape index (κ3) is 7.14. The van der Waals surface area contributed by atoms with Gasteiger partial charge in [-0.05, 0) is 42.4 Å². The molecule has 206 valence electrons. The predicted molar refractivity (Wildman–Crippen MR) is 143 cm³/mol. The molecule has 0 saturated carbocycles. The molecule has 3 amide bonds. The highest BCUT2D eigenvalue weighted by Gasteiger charge is 2.33. The van der Waals surface area contributed by atoms with Gasteiger partial charge in [-0.1, -0.05) is 39.0 Å². The van der Waals surface area contributed by atoms with Crippen LogP contribution < -0.4 is 16.4 Å². The van der Waals surface area contributed by atoms with Crippen molar-refractivity contribution >= 4 is 23.4 Å². The van der Waals surface area contributed by atoms with Crippen molar-refractivity contribution in [1.82, 2.24) is 15.1 Å². The van der Waals surface area contributed by atoms with Crippen LogP contribution in [0.1, 0.15) is 50.2 Å². The van der Waals surface area contributed by atoms with E-state index in [1.807, 2.05) is 7.05 Å². The van der Waals surface area contributed by atoms with Crippen LogP contribution in [0.2, 0.25) is 0 Å². The van der Waals surface area contributed by atoms with Crippen LogP contribution in [0.25, 0.3) is 0 Å². The Morgan fingerprint density at radius 1 is 0.947 bits per heavy atom. The fraction of sp³-hybridized carbons (Fsp3) is 0.464. The molecular weight excluding hydrogens is 492 g/mol. The molecule has 4 N–H and O–H groups in total. The molecule has 3 rings (SSSR count). The van der Waals surface area contributed by atoms with E-state index < -0.39 is 41.5 Å². The smallest absolute Gasteiger partial charge is 0.245 e. The number of piperazine rings is 1. The number of nitrogens with one attached hydrogen (secondary N) is 2. The Balaban J connectivity index is 1.73. The van der Waals surface area contributed by atoms with Gasteiger partial charge in [0.2, 0.25) is 17.7 Å². The summed E-state index contributed by atoms with van der Waals surface area (Å²) in [6.45, 7) is 7.78. The summed E-state index contributed by atoms with van der Waals surface area (Å²) in [5.74, 6) is -3.07. The molecule has 1 aliphatic heterocycles. The van der Waals surface area contributed by atoms with Crippen LogP contribution in [0.15, 0.2) is 42.5 Å². The molecule has 0 bridgehead atoms. The lowest BCUT2D eigenvalue weighted by Gasteiger charge is -2.36. The molecule has 0 unspecified atom stereocenters. The summed E-state index contributed by atoms with van der Waals surface area (Å²) in [6.07, 6.45) is 0.217. The largest absolute Gasteiger partial charge is 0.344 e. The van der Waals surface area contributed by atoms with Gasteiger partial charge in [0.25, 0.3) is 0 Å². The minimum atomic E-state index is -0.992. The third-order valence-corrected chi connectivity index (χ3v) is 7.23. The van der Waals surface area contributed by atoms with E-state index in [0.29, 0.717) is 24.2 Å². The van der Waals surface area contributed by atoms with Crippen molar-refractivity contribution in [3.8, 4) is 0 Å². The third-order valence-electron chi connectivity index (χ3n) is 7.23. The second-order valence-electron chi connectivity index (χ2n) is 9.91. The maximum Gasteiger partial charge on any atom is 0.245 e. The fourth-order valence-electron chi connectivity index (χ4n) is 4.42. The van der Waals surface area contributed by atoms with Gasteiger partial charge in [0, 0.05) is 44.4 Å². The van der Waals surface area contributed by atoms with Crippen molar-refractivity contribution in [2.45, 2.75) is 51.1 Å². The van der Waals surface area contributed by atoms with Crippen molar-refractivity contribution in [2.24, 2.45) is 5.73 Å². The molecule has 8 nitrogen and oxygen atoms in total. The van der Waals surface area contributed by atoms with Crippen LogP contribution >= 0.6 is 0 Å². The van der Waals surface area contributed by atoms with Crippen LogP contribution in [-0.2, 0) is 14.4 Å². The maximum absolute atomic E-state index is 15.1. The number of rotatable bonds is 9. The van der Waals surface area contributed by atoms with E-state index in [9.17, 15) is 18.8 Å². The Morgan fingerprint density at radius 2 is 1.55 bits per heavy atom. The number of hydrogen-bond acceptors (Lipinski definition) is 5. The number of likely N-dealkylation sites (N-methyl/N-ethyl adjacent to an activating group) is 1. The summed E-state index contributed by atoms with van der Waals surface area (Å²) in [6, 6.07) is 8.17. The molecule has 4 atom stereocenters. The zero-order valence-corrected chi connectivity index (χ0v) is 22.3. The Labute approximate surface area is 222 Å². The summed E-state index contributed by atoms with van der Waals surface area (Å²) in [4.78, 5) is 42.2. The van der Waals surface area contributed by atoms with E-state index in [0.717, 1.165) is 13.1 Å². The second-order valence-corrected chi connectivity index (χ2v) is 9.91. The number of nitrogens with zero attached hydrogens (tertiary/aromatic N) is 2. The van der Waals surface area contributed by atoms with Crippen molar-refractivity contribution < 1.29 is 23.2 Å². The van der Waals surface area contributed by atoms with E-state index in [2.05, 4.69) is 15.5 Å². The van der Waals surface area contributed by atoms with Crippen LogP contribution in [0.3, 0.4) is 0 Å². The molecule has 38 heavy (non-hydrogen) atoms. The number of nitrogens with two attached hydrogens (primary N) is 1. The minimum absolute atomic E-state index is 0.0488. The van der Waals surface area contributed by atoms with Crippen molar-refractivity contribution in [1.29, 1.82) is 0 Å². The summed E-state index contributed by atoms with van der Waals surface area (Å²) < 4.78 is 28.3. The lowest BCUT2D eigenvalue weighted by molar-refractivity contribution is -0.138. The normalized spacial score (nSPS) is 17.3. The Kier molecular flexibility index (Phi) is 9.93. The average Bonchev–Trinajstić information content (AvgIpc) is 2.91. The first-order chi connectivity index (χ1) is 18.0. The molecule has 2 aromatic rings. The number of amides is 3. The number of anilines is 1. The number of halogens is 2. The highest BCUT2D eigenvalue weighted by molar-refractivity contribution is 5.95. The molecule has 0 aliphatic carbocycles. The summed E-state index contributed by atoms with van der Waals surface area (Å²) in [7, 11) is 1.99. The van der Waals surface area contributed by atoms with Crippen LogP contribution in [0.4, 0.5) is 14.5 Å². The van der Waals surface area contributed by atoms with Crippen LogP contribution in [0.5, 0.6) is 0 Å². The van der Waals surface area contributed by atoms with E-state index in [-0.39, 0.29) is 23.9 Å². The SMILES string of the molecule is CCC(=O)N[C@@H](C(=O)N1CCN(C)CC1)[C@@H](C)c1ccc(NC(=O)[C@@H](N)[C@@H](C)c2ccc(F)cc2)c(F)c1. The zero-order chi connectivity index (χ0) is 28.0. The number of carbonyl (C=O) groups excluding carboxylic acids is 3. The molecule has 0 radical (unpaired) electrons. The van der Waals surface area contributed by atoms with Crippen molar-refractivity contribution in [3.63, 3.8) is 0 Å². The second kappa shape index (κ2) is 12.9. The molecule has 2 aromatic carbocycles. The van der Waals surface area contributed by atoms with Crippen LogP contribution in [-0.4, -0.2) is 72.8 Å². The first kappa shape index (κ1) is 29.2. The van der Waals surface area contributed by atoms with Gasteiger partial charge in [0.15, 0.2) is 0 Å². The number of carbonyl (C=O) groups is 3. The van der Waals surface area contributed by atoms with Gasteiger partial charge in [0.05, 0.1) is 11.7 Å². The van der Waals surface area contributed by atoms with Gasteiger partial charge in [-0.15, -0.1) is 0 Å². The van der Waals surface area contributed by atoms with E-state index in [1.54, 1.807) is 43.9 Å². The molecule has 1 heterocycles. The van der Waals surface area contributed by atoms with Gasteiger partial charge in [-0.3, -0.25) is 14.4 Å². The van der Waals surface area contributed by atoms with E-state index >= 15 is 4.39 Å². The number of hydrogen-bond donors (Lipinski definition) is 3. The Hall–Kier alpha value is -3.37. The minimum Gasteiger partial charge on any atom is -0.344 e. The highest BCUT2D eigenvalue weighted by Crippen LogP contribution is 2.26. The molecule has 1 saturated heterocycles. The average molecular weight is 530 g/mol. The van der Waals surface area contributed by atoms with Gasteiger partial charge >= 0.3 is 0 Å². The van der Waals surface area contributed by atoms with Gasteiger partial charge < -0.3 is 26.2 Å². The molecule has 0 spiro atoms. The van der Waals surface area contributed by atoms with Crippen molar-refractivity contribution in [3.05, 3.63) is 65.2 Å². The summed E-state index contributed by atoms with van der Waals surface area (Å²) >= 11 is 0. The van der Waals surface area contributed by atoms with Gasteiger partial charge in [-0.25, -0.2) is 8.78 Å². The highest BCUT2D eigenvalue weighted by atomic mass is 19.1. The fourth-order valence-corrected chi connectivity index (χ4v) is 4.42. The first-order valence-corrected chi connectivity index (χ1v) is 12.9. The lowest BCUT2D eigenvalue weighted by atomic mass is 9.91. The Bertz CT molecular complexity index is 1140. The summed E-state index contributed by atoms with van der Waals surface area (Å²) in [5, 5.41) is 5.33. The summed E-state index contributed by atoms with van der Waals surface area (Å²) in [5.41, 5.74) is 7.25. The molecule has 1 fully saturated rings. The van der Waals surface area contributed by atoms with Crippen molar-refractivity contribution in [2.75, 3.05) is 38.5 Å². The molecule has 0 aromatic heterocycles. The van der Waals surface area contributed by atoms with Crippen LogP contribution in [0, 0.1) is 11.6 Å². The monoisotopic (exact) mass is 529 g/mol. The topological polar surface area (TPSA) is 108 Å². The zero-order valence-electron chi connectivity index (χ0n) is 22.3. The first-order valence-electron chi connectivity index (χ1n) is 12.9. The lowest BCUT2D eigenvalue weighted by Crippen LogP contribution is -2.55. The molecular formula is C28H37F2N5O3. The van der Waals surface area contributed by atoms with Gasteiger partial charge in [-0.2, -0.15) is 0 Å². The maximum atomic E-state index is 15.1. The number of benzene rings is 2. The predicted octanol–water partition coefficient (Wildman–Crippen LogP) is 2.81. The molecule has 1 aliphatic rings. The molecule has 10 heteroatoms. The van der Waals surface area contributed by atoms with Gasteiger partial charge in [0.1, 0.15) is 17.7 Å². The standard InChI is InChI=1S/C28H37F2N5O3/c1-5-24(36)33-26(28(38)35-14-12-34(4)13-15-35)18(3)20-8-11-23(22(30)16-20)32-27(37)25(31)17(2)19-6-9-21(29)10-7-19/h6-11,16-18,25-26H,5,12-15,31H2,1-4H3,(H,32,37)(H,33,36)/t17-,18-,25-,26+/m0/s1. The van der Waals surface area contributed by atoms with E-state index in [1.165, 1.54) is 24.3 Å².